The van der Waals surface area contributed by atoms with Crippen molar-refractivity contribution in [1.82, 2.24) is 5.32 Å². The Balaban J connectivity index is 1.92. The lowest BCUT2D eigenvalue weighted by molar-refractivity contribution is 0.158. The molecular formula is C20H27NO3. The van der Waals surface area contributed by atoms with E-state index in [0.717, 1.165) is 12.8 Å². The van der Waals surface area contributed by atoms with Gasteiger partial charge in [-0.3, -0.25) is 0 Å². The first-order valence-electron chi connectivity index (χ1n) is 8.28. The highest BCUT2D eigenvalue weighted by Gasteiger charge is 2.21. The summed E-state index contributed by atoms with van der Waals surface area (Å²) in [7, 11) is 0. The molecule has 2 aromatic rings. The molecular weight excluding hydrogens is 302 g/mol. The molecule has 2 aromatic carbocycles. The van der Waals surface area contributed by atoms with Crippen LogP contribution in [0.5, 0.6) is 11.5 Å². The third-order valence-electron chi connectivity index (χ3n) is 4.47. The summed E-state index contributed by atoms with van der Waals surface area (Å²) >= 11 is 0. The number of rotatable bonds is 7. The molecule has 130 valence electrons. The fraction of sp³-hybridized carbons (Fsp3) is 0.400. The molecule has 0 saturated heterocycles. The van der Waals surface area contributed by atoms with Gasteiger partial charge in [-0.1, -0.05) is 36.4 Å². The van der Waals surface area contributed by atoms with Crippen molar-refractivity contribution in [2.24, 2.45) is 0 Å². The van der Waals surface area contributed by atoms with Crippen LogP contribution in [0.2, 0.25) is 0 Å². The van der Waals surface area contributed by atoms with E-state index in [-0.39, 0.29) is 17.0 Å². The van der Waals surface area contributed by atoms with Gasteiger partial charge >= 0.3 is 0 Å². The first kappa shape index (κ1) is 18.3. The molecule has 0 amide bonds. The third-order valence-corrected chi connectivity index (χ3v) is 4.47. The van der Waals surface area contributed by atoms with Crippen LogP contribution in [0.25, 0.3) is 0 Å². The molecule has 0 aliphatic rings. The Morgan fingerprint density at radius 2 is 1.71 bits per heavy atom. The van der Waals surface area contributed by atoms with Crippen molar-refractivity contribution in [1.29, 1.82) is 0 Å². The lowest BCUT2D eigenvalue weighted by Crippen LogP contribution is -2.42. The second kappa shape index (κ2) is 7.69. The van der Waals surface area contributed by atoms with Gasteiger partial charge in [0.05, 0.1) is 6.10 Å². The van der Waals surface area contributed by atoms with Crippen LogP contribution in [0.3, 0.4) is 0 Å². The maximum atomic E-state index is 10.4. The van der Waals surface area contributed by atoms with Crippen LogP contribution in [0, 0.1) is 6.92 Å². The lowest BCUT2D eigenvalue weighted by atomic mass is 9.94. The zero-order chi connectivity index (χ0) is 17.7. The van der Waals surface area contributed by atoms with Crippen molar-refractivity contribution >= 4 is 0 Å². The summed E-state index contributed by atoms with van der Waals surface area (Å²) in [4.78, 5) is 0. The molecule has 0 fully saturated rings. The van der Waals surface area contributed by atoms with E-state index in [4.69, 9.17) is 0 Å². The molecule has 4 N–H and O–H groups in total. The summed E-state index contributed by atoms with van der Waals surface area (Å²) in [6, 6.07) is 13.4. The molecule has 0 aliphatic heterocycles. The fourth-order valence-electron chi connectivity index (χ4n) is 2.74. The van der Waals surface area contributed by atoms with Crippen molar-refractivity contribution in [3.8, 4) is 11.5 Å². The molecule has 0 aliphatic carbocycles. The zero-order valence-corrected chi connectivity index (χ0v) is 14.6. The Bertz CT molecular complexity index is 668. The molecule has 0 aromatic heterocycles. The van der Waals surface area contributed by atoms with Crippen molar-refractivity contribution in [3.05, 3.63) is 59.2 Å². The van der Waals surface area contributed by atoms with Gasteiger partial charge in [0.15, 0.2) is 11.5 Å². The maximum Gasteiger partial charge on any atom is 0.160 e. The predicted octanol–water partition coefficient (Wildman–Crippen LogP) is 3.44. The highest BCUT2D eigenvalue weighted by molar-refractivity contribution is 5.48. The number of hydrogen-bond donors (Lipinski definition) is 4. The summed E-state index contributed by atoms with van der Waals surface area (Å²) in [6.07, 6.45) is 1.17. The molecule has 0 bridgehead atoms. The van der Waals surface area contributed by atoms with Crippen LogP contribution in [-0.4, -0.2) is 27.4 Å². The first-order chi connectivity index (χ1) is 11.3. The summed E-state index contributed by atoms with van der Waals surface area (Å²) in [6.45, 7) is 6.30. The zero-order valence-electron chi connectivity index (χ0n) is 14.6. The summed E-state index contributed by atoms with van der Waals surface area (Å²) in [5, 5.41) is 33.1. The fourth-order valence-corrected chi connectivity index (χ4v) is 2.74. The average Bonchev–Trinajstić information content (AvgIpc) is 2.57. The number of phenolic OH excluding ortho intramolecular Hbond substituents is 2. The SMILES string of the molecule is Cc1c(C(O)CNC(C)(C)CCc2ccccc2)ccc(O)c1O. The van der Waals surface area contributed by atoms with Gasteiger partial charge in [0, 0.05) is 17.6 Å². The molecule has 0 radical (unpaired) electrons. The van der Waals surface area contributed by atoms with Crippen LogP contribution >= 0.6 is 0 Å². The largest absolute Gasteiger partial charge is 0.504 e. The van der Waals surface area contributed by atoms with Gasteiger partial charge in [-0.05, 0) is 50.8 Å². The Morgan fingerprint density at radius 1 is 1.04 bits per heavy atom. The van der Waals surface area contributed by atoms with Gasteiger partial charge in [-0.15, -0.1) is 0 Å². The highest BCUT2D eigenvalue weighted by Crippen LogP contribution is 2.33. The highest BCUT2D eigenvalue weighted by atomic mass is 16.3. The summed E-state index contributed by atoms with van der Waals surface area (Å²) in [5.74, 6) is -0.338. The minimum atomic E-state index is -0.743. The van der Waals surface area contributed by atoms with E-state index in [1.165, 1.54) is 11.6 Å². The van der Waals surface area contributed by atoms with Gasteiger partial charge in [0.2, 0.25) is 0 Å². The van der Waals surface area contributed by atoms with Crippen molar-refractivity contribution in [2.45, 2.75) is 45.3 Å². The monoisotopic (exact) mass is 329 g/mol. The van der Waals surface area contributed by atoms with Gasteiger partial charge < -0.3 is 20.6 Å². The quantitative estimate of drug-likeness (QED) is 0.587. The van der Waals surface area contributed by atoms with Crippen LogP contribution in [0.4, 0.5) is 0 Å². The standard InChI is InChI=1S/C20H27NO3/c1-14-16(9-10-17(22)19(14)24)18(23)13-21-20(2,3)12-11-15-7-5-4-6-8-15/h4-10,18,21-24H,11-13H2,1-3H3. The number of benzene rings is 2. The molecule has 4 nitrogen and oxygen atoms in total. The number of aromatic hydroxyl groups is 2. The van der Waals surface area contributed by atoms with Crippen LogP contribution in [0.1, 0.15) is 43.1 Å². The average molecular weight is 329 g/mol. The van der Waals surface area contributed by atoms with Crippen LogP contribution in [-0.2, 0) is 6.42 Å². The Hall–Kier alpha value is -2.04. The Morgan fingerprint density at radius 3 is 2.38 bits per heavy atom. The molecule has 4 heteroatoms. The number of aliphatic hydroxyl groups is 1. The third kappa shape index (κ3) is 4.73. The Labute approximate surface area is 143 Å². The van der Waals surface area contributed by atoms with E-state index in [9.17, 15) is 15.3 Å². The molecule has 2 rings (SSSR count). The first-order valence-corrected chi connectivity index (χ1v) is 8.28. The number of β-amino-alcohol motifs (C(OH)–C–C–N with tert-alkyl or cyclic N) is 1. The molecule has 24 heavy (non-hydrogen) atoms. The van der Waals surface area contributed by atoms with Crippen molar-refractivity contribution < 1.29 is 15.3 Å². The van der Waals surface area contributed by atoms with E-state index >= 15 is 0 Å². The van der Waals surface area contributed by atoms with E-state index in [1.807, 2.05) is 18.2 Å². The van der Waals surface area contributed by atoms with Gasteiger partial charge in [-0.25, -0.2) is 0 Å². The van der Waals surface area contributed by atoms with E-state index in [1.54, 1.807) is 13.0 Å². The summed E-state index contributed by atoms with van der Waals surface area (Å²) < 4.78 is 0. The van der Waals surface area contributed by atoms with Crippen molar-refractivity contribution in [2.75, 3.05) is 6.54 Å². The van der Waals surface area contributed by atoms with Gasteiger partial charge in [0.1, 0.15) is 0 Å². The number of aliphatic hydroxyl groups excluding tert-OH is 1. The predicted molar refractivity (Wildman–Crippen MR) is 96.3 cm³/mol. The van der Waals surface area contributed by atoms with E-state index in [0.29, 0.717) is 17.7 Å². The van der Waals surface area contributed by atoms with E-state index < -0.39 is 6.10 Å². The minimum Gasteiger partial charge on any atom is -0.504 e. The lowest BCUT2D eigenvalue weighted by Gasteiger charge is -2.28. The van der Waals surface area contributed by atoms with Gasteiger partial charge in [0.25, 0.3) is 0 Å². The normalized spacial score (nSPS) is 13.0. The maximum absolute atomic E-state index is 10.4. The molecule has 0 saturated carbocycles. The number of phenols is 2. The number of nitrogens with one attached hydrogen (secondary N) is 1. The smallest absolute Gasteiger partial charge is 0.160 e. The van der Waals surface area contributed by atoms with Crippen LogP contribution in [0.15, 0.2) is 42.5 Å². The molecule has 1 unspecified atom stereocenters. The molecule has 0 spiro atoms. The second-order valence-corrected chi connectivity index (χ2v) is 6.91. The topological polar surface area (TPSA) is 72.7 Å². The molecule has 0 heterocycles. The number of hydrogen-bond acceptors (Lipinski definition) is 4. The Kier molecular flexibility index (Phi) is 5.86. The van der Waals surface area contributed by atoms with Crippen molar-refractivity contribution in [3.63, 3.8) is 0 Å². The molecule has 1 atom stereocenters. The second-order valence-electron chi connectivity index (χ2n) is 6.91. The van der Waals surface area contributed by atoms with E-state index in [2.05, 4.69) is 31.3 Å². The number of aryl methyl sites for hydroxylation is 1. The minimum absolute atomic E-state index is 0.121. The van der Waals surface area contributed by atoms with Crippen LogP contribution < -0.4 is 5.32 Å². The van der Waals surface area contributed by atoms with Gasteiger partial charge in [-0.2, -0.15) is 0 Å². The summed E-state index contributed by atoms with van der Waals surface area (Å²) in [5.41, 5.74) is 2.30.